The van der Waals surface area contributed by atoms with Crippen LogP contribution in [-0.2, 0) is 0 Å². The predicted octanol–water partition coefficient (Wildman–Crippen LogP) is 2.97. The summed E-state index contributed by atoms with van der Waals surface area (Å²) in [5.74, 6) is 0.0596. The lowest BCUT2D eigenvalue weighted by Crippen LogP contribution is -2.24. The summed E-state index contributed by atoms with van der Waals surface area (Å²) in [6.07, 6.45) is 3.38. The van der Waals surface area contributed by atoms with Gasteiger partial charge in [-0.15, -0.1) is 0 Å². The van der Waals surface area contributed by atoms with E-state index in [1.54, 1.807) is 12.2 Å². The second-order valence-corrected chi connectivity index (χ2v) is 6.14. The molecule has 3 aromatic carbocycles. The summed E-state index contributed by atoms with van der Waals surface area (Å²) in [6, 6.07) is 19.3. The van der Waals surface area contributed by atoms with Gasteiger partial charge in [-0.2, -0.15) is 0 Å². The standard InChI is InChI=1S/C22H12O2/c23-21-11-13-10-20-14(9-19(13)15-5-1-3-7-17(15)21)12-22(24)18-8-4-2-6-16(18)20/h1-12H. The smallest absolute Gasteiger partial charge is 0.187 e. The fraction of sp³-hybridized carbons (Fsp3) is 0. The number of carbonyl (C=O) groups excluding carboxylic acids is 2. The molecule has 0 fully saturated rings. The van der Waals surface area contributed by atoms with Gasteiger partial charge in [0.15, 0.2) is 11.6 Å². The van der Waals surface area contributed by atoms with Crippen molar-refractivity contribution < 1.29 is 9.59 Å². The van der Waals surface area contributed by atoms with Crippen molar-refractivity contribution in [3.05, 3.63) is 82.2 Å². The van der Waals surface area contributed by atoms with Gasteiger partial charge in [-0.25, -0.2) is 0 Å². The van der Waals surface area contributed by atoms with Crippen molar-refractivity contribution >= 4 is 23.7 Å². The second kappa shape index (κ2) is 4.62. The first kappa shape index (κ1) is 13.2. The Balaban J connectivity index is 1.90. The maximum atomic E-state index is 12.4. The highest BCUT2D eigenvalue weighted by Crippen LogP contribution is 2.28. The van der Waals surface area contributed by atoms with E-state index in [4.69, 9.17) is 0 Å². The molecule has 0 saturated heterocycles. The first-order chi connectivity index (χ1) is 11.7. The number of hydrogen-bond donors (Lipinski definition) is 0. The Morgan fingerprint density at radius 3 is 1.25 bits per heavy atom. The van der Waals surface area contributed by atoms with Crippen LogP contribution in [0.2, 0.25) is 0 Å². The van der Waals surface area contributed by atoms with Crippen molar-refractivity contribution in [3.8, 4) is 22.3 Å². The van der Waals surface area contributed by atoms with Crippen molar-refractivity contribution in [1.29, 1.82) is 0 Å². The van der Waals surface area contributed by atoms with Crippen molar-refractivity contribution in [2.45, 2.75) is 0 Å². The van der Waals surface area contributed by atoms with E-state index in [0.29, 0.717) is 11.1 Å². The fourth-order valence-corrected chi connectivity index (χ4v) is 3.64. The minimum absolute atomic E-state index is 0.0298. The maximum absolute atomic E-state index is 12.4. The molecule has 0 N–H and O–H groups in total. The van der Waals surface area contributed by atoms with Crippen LogP contribution in [-0.4, -0.2) is 11.6 Å². The molecule has 2 nitrogen and oxygen atoms in total. The molecule has 24 heavy (non-hydrogen) atoms. The Hall–Kier alpha value is -3.26. The molecule has 0 saturated carbocycles. The van der Waals surface area contributed by atoms with Crippen molar-refractivity contribution in [1.82, 2.24) is 0 Å². The first-order valence-electron chi connectivity index (χ1n) is 7.87. The Morgan fingerprint density at radius 2 is 0.833 bits per heavy atom. The summed E-state index contributed by atoms with van der Waals surface area (Å²) in [5, 5.41) is 1.82. The van der Waals surface area contributed by atoms with E-state index < -0.39 is 0 Å². The number of ketones is 2. The molecule has 0 radical (unpaired) electrons. The van der Waals surface area contributed by atoms with Crippen molar-refractivity contribution in [2.24, 2.45) is 0 Å². The summed E-state index contributed by atoms with van der Waals surface area (Å²) in [4.78, 5) is 24.8. The third-order valence-corrected chi connectivity index (χ3v) is 4.76. The van der Waals surface area contributed by atoms with Crippen LogP contribution in [0.1, 0.15) is 20.7 Å². The maximum Gasteiger partial charge on any atom is 0.187 e. The average molecular weight is 308 g/mol. The molecule has 112 valence electrons. The van der Waals surface area contributed by atoms with Crippen LogP contribution < -0.4 is 10.4 Å². The lowest BCUT2D eigenvalue weighted by molar-refractivity contribution is 0.105. The fourth-order valence-electron chi connectivity index (χ4n) is 3.64. The van der Waals surface area contributed by atoms with Gasteiger partial charge < -0.3 is 0 Å². The molecule has 5 rings (SSSR count). The van der Waals surface area contributed by atoms with Gasteiger partial charge >= 0.3 is 0 Å². The van der Waals surface area contributed by atoms with Gasteiger partial charge in [-0.05, 0) is 57.0 Å². The Morgan fingerprint density at radius 1 is 0.458 bits per heavy atom. The third-order valence-electron chi connectivity index (χ3n) is 4.76. The van der Waals surface area contributed by atoms with Gasteiger partial charge in [0.25, 0.3) is 0 Å². The van der Waals surface area contributed by atoms with Crippen LogP contribution in [0.25, 0.3) is 34.4 Å². The van der Waals surface area contributed by atoms with E-state index in [-0.39, 0.29) is 11.6 Å². The number of fused-ring (bicyclic) bond motifs is 6. The monoisotopic (exact) mass is 308 g/mol. The van der Waals surface area contributed by atoms with E-state index in [1.807, 2.05) is 60.7 Å². The van der Waals surface area contributed by atoms with Crippen LogP contribution >= 0.6 is 0 Å². The zero-order valence-electron chi connectivity index (χ0n) is 12.7. The summed E-state index contributed by atoms with van der Waals surface area (Å²) >= 11 is 0. The van der Waals surface area contributed by atoms with Gasteiger partial charge in [0.1, 0.15) is 0 Å². The third kappa shape index (κ3) is 1.71. The summed E-state index contributed by atoms with van der Waals surface area (Å²) in [7, 11) is 0. The Labute approximate surface area is 138 Å². The van der Waals surface area contributed by atoms with E-state index in [0.717, 1.165) is 32.7 Å². The van der Waals surface area contributed by atoms with E-state index in [2.05, 4.69) is 0 Å². The van der Waals surface area contributed by atoms with Gasteiger partial charge in [0.05, 0.1) is 0 Å². The molecule has 0 aliphatic heterocycles. The Bertz CT molecular complexity index is 1090. The zero-order chi connectivity index (χ0) is 16.3. The predicted molar refractivity (Wildman–Crippen MR) is 94.2 cm³/mol. The molecule has 0 unspecified atom stereocenters. The molecule has 2 heteroatoms. The van der Waals surface area contributed by atoms with Gasteiger partial charge in [0.2, 0.25) is 0 Å². The molecule has 0 spiro atoms. The molecule has 0 heterocycles. The normalized spacial score (nSPS) is 13.8. The molecule has 2 aliphatic carbocycles. The minimum atomic E-state index is 0.0298. The number of benzene rings is 3. The highest BCUT2D eigenvalue weighted by atomic mass is 16.1. The largest absolute Gasteiger partial charge is 0.289 e. The molecule has 0 atom stereocenters. The van der Waals surface area contributed by atoms with E-state index in [1.165, 1.54) is 0 Å². The van der Waals surface area contributed by atoms with Crippen LogP contribution in [0.4, 0.5) is 0 Å². The second-order valence-electron chi connectivity index (χ2n) is 6.14. The average Bonchev–Trinajstić information content (AvgIpc) is 2.62. The minimum Gasteiger partial charge on any atom is -0.289 e. The summed E-state index contributed by atoms with van der Waals surface area (Å²) < 4.78 is 0. The van der Waals surface area contributed by atoms with Crippen molar-refractivity contribution in [2.75, 3.05) is 0 Å². The number of Topliss-reactive ketones (excluding diaryl/α,β-unsaturated/α-hetero) is 2. The lowest BCUT2D eigenvalue weighted by Gasteiger charge is -2.18. The molecular weight excluding hydrogens is 296 g/mol. The van der Waals surface area contributed by atoms with Crippen LogP contribution in [0.3, 0.4) is 0 Å². The SMILES string of the molecule is O=C1C=c2cc3c(cc2-c2ccccc21)=CC(=O)c1ccccc1-3. The zero-order valence-corrected chi connectivity index (χ0v) is 12.7. The highest BCUT2D eigenvalue weighted by molar-refractivity contribution is 6.24. The molecule has 0 aromatic heterocycles. The highest BCUT2D eigenvalue weighted by Gasteiger charge is 2.21. The van der Waals surface area contributed by atoms with Gasteiger partial charge in [0, 0.05) is 11.1 Å². The number of hydrogen-bond acceptors (Lipinski definition) is 2. The topological polar surface area (TPSA) is 34.1 Å². The summed E-state index contributed by atoms with van der Waals surface area (Å²) in [5.41, 5.74) is 5.31. The molecule has 0 bridgehead atoms. The first-order valence-corrected chi connectivity index (χ1v) is 7.87. The number of carbonyl (C=O) groups is 2. The van der Waals surface area contributed by atoms with Gasteiger partial charge in [-0.3, -0.25) is 9.59 Å². The van der Waals surface area contributed by atoms with Crippen LogP contribution in [0.5, 0.6) is 0 Å². The molecule has 0 amide bonds. The summed E-state index contributed by atoms with van der Waals surface area (Å²) in [6.45, 7) is 0. The van der Waals surface area contributed by atoms with Gasteiger partial charge in [-0.1, -0.05) is 48.5 Å². The molecule has 2 aliphatic rings. The van der Waals surface area contributed by atoms with E-state index >= 15 is 0 Å². The van der Waals surface area contributed by atoms with Crippen molar-refractivity contribution in [3.63, 3.8) is 0 Å². The quantitative estimate of drug-likeness (QED) is 0.640. The Kier molecular flexibility index (Phi) is 2.54. The molecule has 3 aromatic rings. The lowest BCUT2D eigenvalue weighted by atomic mass is 9.84. The van der Waals surface area contributed by atoms with Crippen LogP contribution in [0.15, 0.2) is 60.7 Å². The van der Waals surface area contributed by atoms with E-state index in [9.17, 15) is 9.59 Å². The number of rotatable bonds is 0. The van der Waals surface area contributed by atoms with Crippen LogP contribution in [0, 0.1) is 0 Å². The molecular formula is C22H12O2.